The highest BCUT2D eigenvalue weighted by atomic mass is 16.5. The van der Waals surface area contributed by atoms with Crippen molar-refractivity contribution in [1.29, 1.82) is 0 Å². The average Bonchev–Trinajstić information content (AvgIpc) is 2.83. The lowest BCUT2D eigenvalue weighted by atomic mass is 9.83. The van der Waals surface area contributed by atoms with Gasteiger partial charge in [0, 0.05) is 11.5 Å². The maximum absolute atomic E-state index is 5.50. The van der Waals surface area contributed by atoms with E-state index in [0.29, 0.717) is 5.92 Å². The van der Waals surface area contributed by atoms with Gasteiger partial charge in [0.1, 0.15) is 5.75 Å². The molecule has 1 aliphatic rings. The number of hydrogen-bond donors (Lipinski definition) is 1. The van der Waals surface area contributed by atoms with Crippen LogP contribution in [0.2, 0.25) is 0 Å². The van der Waals surface area contributed by atoms with E-state index in [1.807, 2.05) is 0 Å². The van der Waals surface area contributed by atoms with Crippen LogP contribution < -0.4 is 10.1 Å². The number of nitrogens with one attached hydrogen (secondary N) is 1. The van der Waals surface area contributed by atoms with Gasteiger partial charge in [0.15, 0.2) is 0 Å². The SMILES string of the molecule is CCCCNC(C)(C)C1CCc2c(OC)cccc21. The Kier molecular flexibility index (Phi) is 4.51. The molecular weight excluding hydrogens is 234 g/mol. The summed E-state index contributed by atoms with van der Waals surface area (Å²) in [5.41, 5.74) is 3.06. The topological polar surface area (TPSA) is 21.3 Å². The monoisotopic (exact) mass is 261 g/mol. The zero-order valence-corrected chi connectivity index (χ0v) is 12.8. The lowest BCUT2D eigenvalue weighted by Crippen LogP contribution is -2.44. The molecule has 19 heavy (non-hydrogen) atoms. The van der Waals surface area contributed by atoms with Gasteiger partial charge in [-0.1, -0.05) is 25.5 Å². The van der Waals surface area contributed by atoms with Crippen molar-refractivity contribution >= 4 is 0 Å². The molecule has 2 nitrogen and oxygen atoms in total. The molecule has 106 valence electrons. The summed E-state index contributed by atoms with van der Waals surface area (Å²) in [6.45, 7) is 8.02. The number of methoxy groups -OCH3 is 1. The van der Waals surface area contributed by atoms with Crippen LogP contribution in [0.5, 0.6) is 5.75 Å². The highest BCUT2D eigenvalue weighted by Gasteiger charge is 2.36. The second-order valence-electron chi connectivity index (χ2n) is 6.12. The van der Waals surface area contributed by atoms with Crippen molar-refractivity contribution in [2.45, 2.75) is 57.9 Å². The molecule has 1 aromatic rings. The second-order valence-corrected chi connectivity index (χ2v) is 6.12. The highest BCUT2D eigenvalue weighted by Crippen LogP contribution is 2.43. The summed E-state index contributed by atoms with van der Waals surface area (Å²) in [7, 11) is 1.77. The van der Waals surface area contributed by atoms with Crippen molar-refractivity contribution in [2.75, 3.05) is 13.7 Å². The Morgan fingerprint density at radius 2 is 2.16 bits per heavy atom. The Morgan fingerprint density at radius 1 is 1.37 bits per heavy atom. The smallest absolute Gasteiger partial charge is 0.122 e. The molecule has 0 fully saturated rings. The molecule has 2 heteroatoms. The minimum Gasteiger partial charge on any atom is -0.496 e. The third-order valence-corrected chi connectivity index (χ3v) is 4.43. The molecule has 1 aliphatic carbocycles. The second kappa shape index (κ2) is 5.96. The van der Waals surface area contributed by atoms with E-state index in [4.69, 9.17) is 4.74 Å². The summed E-state index contributed by atoms with van der Waals surface area (Å²) >= 11 is 0. The van der Waals surface area contributed by atoms with E-state index in [9.17, 15) is 0 Å². The van der Waals surface area contributed by atoms with E-state index in [1.165, 1.54) is 30.4 Å². The van der Waals surface area contributed by atoms with Crippen LogP contribution in [0, 0.1) is 0 Å². The van der Waals surface area contributed by atoms with E-state index in [0.717, 1.165) is 18.7 Å². The van der Waals surface area contributed by atoms with Crippen molar-refractivity contribution in [2.24, 2.45) is 0 Å². The third-order valence-electron chi connectivity index (χ3n) is 4.43. The van der Waals surface area contributed by atoms with Gasteiger partial charge in [0.25, 0.3) is 0 Å². The highest BCUT2D eigenvalue weighted by molar-refractivity contribution is 5.46. The van der Waals surface area contributed by atoms with Crippen LogP contribution in [0.4, 0.5) is 0 Å². The number of rotatable bonds is 6. The Morgan fingerprint density at radius 3 is 2.84 bits per heavy atom. The first-order valence-electron chi connectivity index (χ1n) is 7.51. The van der Waals surface area contributed by atoms with Crippen molar-refractivity contribution in [1.82, 2.24) is 5.32 Å². The fourth-order valence-electron chi connectivity index (χ4n) is 3.27. The summed E-state index contributed by atoms with van der Waals surface area (Å²) in [4.78, 5) is 0. The average molecular weight is 261 g/mol. The van der Waals surface area contributed by atoms with Gasteiger partial charge >= 0.3 is 0 Å². The fraction of sp³-hybridized carbons (Fsp3) is 0.647. The van der Waals surface area contributed by atoms with Gasteiger partial charge in [-0.05, 0) is 56.8 Å². The van der Waals surface area contributed by atoms with Gasteiger partial charge in [-0.15, -0.1) is 0 Å². The van der Waals surface area contributed by atoms with Gasteiger partial charge in [0.05, 0.1) is 7.11 Å². The van der Waals surface area contributed by atoms with Gasteiger partial charge < -0.3 is 10.1 Å². The minimum absolute atomic E-state index is 0.160. The van der Waals surface area contributed by atoms with Crippen molar-refractivity contribution < 1.29 is 4.74 Å². The molecule has 0 aliphatic heterocycles. The maximum atomic E-state index is 5.50. The van der Waals surface area contributed by atoms with Gasteiger partial charge in [-0.25, -0.2) is 0 Å². The molecule has 0 radical (unpaired) electrons. The summed E-state index contributed by atoms with van der Waals surface area (Å²) in [5.74, 6) is 1.65. The van der Waals surface area contributed by atoms with E-state index in [-0.39, 0.29) is 5.54 Å². The quantitative estimate of drug-likeness (QED) is 0.784. The zero-order valence-electron chi connectivity index (χ0n) is 12.8. The fourth-order valence-corrected chi connectivity index (χ4v) is 3.27. The number of ether oxygens (including phenoxy) is 1. The molecule has 0 bridgehead atoms. The van der Waals surface area contributed by atoms with E-state index < -0.39 is 0 Å². The van der Waals surface area contributed by atoms with Gasteiger partial charge in [0.2, 0.25) is 0 Å². The molecular formula is C17H27NO. The van der Waals surface area contributed by atoms with E-state index in [1.54, 1.807) is 7.11 Å². The van der Waals surface area contributed by atoms with Crippen LogP contribution in [0.25, 0.3) is 0 Å². The van der Waals surface area contributed by atoms with Crippen LogP contribution in [0.3, 0.4) is 0 Å². The molecule has 0 spiro atoms. The summed E-state index contributed by atoms with van der Waals surface area (Å²) in [6, 6.07) is 6.48. The predicted octanol–water partition coefficient (Wildman–Crippen LogP) is 3.89. The minimum atomic E-state index is 0.160. The normalized spacial score (nSPS) is 18.4. The maximum Gasteiger partial charge on any atom is 0.122 e. The number of benzene rings is 1. The molecule has 0 saturated heterocycles. The molecule has 0 aromatic heterocycles. The van der Waals surface area contributed by atoms with Crippen LogP contribution >= 0.6 is 0 Å². The molecule has 1 aromatic carbocycles. The standard InChI is InChI=1S/C17H27NO/c1-5-6-12-18-17(2,3)15-11-10-14-13(15)8-7-9-16(14)19-4/h7-9,15,18H,5-6,10-12H2,1-4H3. The Hall–Kier alpha value is -1.02. The molecule has 0 heterocycles. The van der Waals surface area contributed by atoms with Gasteiger partial charge in [-0.2, -0.15) is 0 Å². The van der Waals surface area contributed by atoms with Gasteiger partial charge in [-0.3, -0.25) is 0 Å². The van der Waals surface area contributed by atoms with E-state index >= 15 is 0 Å². The van der Waals surface area contributed by atoms with Crippen molar-refractivity contribution in [3.8, 4) is 5.75 Å². The Balaban J connectivity index is 2.17. The number of fused-ring (bicyclic) bond motifs is 1. The lowest BCUT2D eigenvalue weighted by Gasteiger charge is -2.34. The third kappa shape index (κ3) is 2.94. The first-order valence-corrected chi connectivity index (χ1v) is 7.51. The van der Waals surface area contributed by atoms with Crippen LogP contribution in [0.15, 0.2) is 18.2 Å². The predicted molar refractivity (Wildman–Crippen MR) is 81.0 cm³/mol. The van der Waals surface area contributed by atoms with Crippen LogP contribution in [-0.2, 0) is 6.42 Å². The number of hydrogen-bond acceptors (Lipinski definition) is 2. The van der Waals surface area contributed by atoms with Crippen LogP contribution in [0.1, 0.15) is 57.1 Å². The Labute approximate surface area is 117 Å². The molecule has 2 rings (SSSR count). The first-order chi connectivity index (χ1) is 9.10. The molecule has 0 amide bonds. The van der Waals surface area contributed by atoms with E-state index in [2.05, 4.69) is 44.3 Å². The van der Waals surface area contributed by atoms with Crippen molar-refractivity contribution in [3.63, 3.8) is 0 Å². The Bertz CT molecular complexity index is 425. The lowest BCUT2D eigenvalue weighted by molar-refractivity contribution is 0.315. The first kappa shape index (κ1) is 14.4. The molecule has 1 atom stereocenters. The van der Waals surface area contributed by atoms with Crippen LogP contribution in [-0.4, -0.2) is 19.2 Å². The summed E-state index contributed by atoms with van der Waals surface area (Å²) in [6.07, 6.45) is 4.87. The molecule has 1 unspecified atom stereocenters. The summed E-state index contributed by atoms with van der Waals surface area (Å²) in [5, 5.41) is 3.74. The summed E-state index contributed by atoms with van der Waals surface area (Å²) < 4.78 is 5.50. The number of unbranched alkanes of at least 4 members (excludes halogenated alkanes) is 1. The molecule has 0 saturated carbocycles. The molecule has 1 N–H and O–H groups in total. The van der Waals surface area contributed by atoms with Crippen molar-refractivity contribution in [3.05, 3.63) is 29.3 Å². The largest absolute Gasteiger partial charge is 0.496 e. The zero-order chi connectivity index (χ0) is 13.9.